The van der Waals surface area contributed by atoms with E-state index in [9.17, 15) is 10.2 Å². The van der Waals surface area contributed by atoms with Gasteiger partial charge in [-0.2, -0.15) is 0 Å². The summed E-state index contributed by atoms with van der Waals surface area (Å²) in [5.74, 6) is 0. The standard InChI is InChI=1S/C8H14O4/c1-2-3-6-8(11)7(10)5(9)4-12-6/h2,5-11H,1,3-4H2. The van der Waals surface area contributed by atoms with Gasteiger partial charge in [-0.3, -0.25) is 0 Å². The molecule has 0 aromatic heterocycles. The van der Waals surface area contributed by atoms with E-state index in [4.69, 9.17) is 9.84 Å². The Labute approximate surface area is 71.1 Å². The normalized spacial score (nSPS) is 42.6. The average Bonchev–Trinajstić information content (AvgIpc) is 2.07. The van der Waals surface area contributed by atoms with Gasteiger partial charge in [0.1, 0.15) is 18.3 Å². The maximum atomic E-state index is 9.36. The van der Waals surface area contributed by atoms with Gasteiger partial charge >= 0.3 is 0 Å². The third-order valence-electron chi connectivity index (χ3n) is 2.01. The number of hydrogen-bond donors (Lipinski definition) is 3. The van der Waals surface area contributed by atoms with E-state index in [1.165, 1.54) is 0 Å². The SMILES string of the molecule is C=CCC1OCC(O)C(O)C1O. The minimum atomic E-state index is -1.11. The Bertz CT molecular complexity index is 159. The van der Waals surface area contributed by atoms with E-state index in [2.05, 4.69) is 6.58 Å². The molecule has 0 aliphatic carbocycles. The molecular formula is C8H14O4. The summed E-state index contributed by atoms with van der Waals surface area (Å²) in [6.07, 6.45) is -1.47. The van der Waals surface area contributed by atoms with Gasteiger partial charge in [-0.05, 0) is 6.42 Å². The van der Waals surface area contributed by atoms with Crippen molar-refractivity contribution in [3.05, 3.63) is 12.7 Å². The molecule has 70 valence electrons. The molecule has 0 aromatic rings. The maximum absolute atomic E-state index is 9.36. The highest BCUT2D eigenvalue weighted by atomic mass is 16.5. The number of rotatable bonds is 2. The zero-order valence-corrected chi connectivity index (χ0v) is 6.76. The molecule has 1 rings (SSSR count). The third kappa shape index (κ3) is 1.84. The molecule has 4 heteroatoms. The first-order chi connectivity index (χ1) is 5.66. The minimum Gasteiger partial charge on any atom is -0.388 e. The van der Waals surface area contributed by atoms with Gasteiger partial charge in [-0.25, -0.2) is 0 Å². The van der Waals surface area contributed by atoms with Gasteiger partial charge in [0, 0.05) is 0 Å². The van der Waals surface area contributed by atoms with Crippen molar-refractivity contribution in [2.75, 3.05) is 6.61 Å². The van der Waals surface area contributed by atoms with Crippen molar-refractivity contribution < 1.29 is 20.1 Å². The van der Waals surface area contributed by atoms with E-state index in [-0.39, 0.29) is 6.61 Å². The summed E-state index contributed by atoms with van der Waals surface area (Å²) in [5, 5.41) is 27.7. The van der Waals surface area contributed by atoms with Crippen molar-refractivity contribution in [2.45, 2.75) is 30.8 Å². The van der Waals surface area contributed by atoms with Gasteiger partial charge in [-0.1, -0.05) is 6.08 Å². The largest absolute Gasteiger partial charge is 0.388 e. The predicted octanol–water partition coefficient (Wildman–Crippen LogP) is -0.956. The van der Waals surface area contributed by atoms with Crippen LogP contribution in [0.4, 0.5) is 0 Å². The molecule has 0 aromatic carbocycles. The second-order valence-corrected chi connectivity index (χ2v) is 2.94. The van der Waals surface area contributed by atoms with Gasteiger partial charge in [0.15, 0.2) is 0 Å². The molecule has 0 saturated carbocycles. The van der Waals surface area contributed by atoms with Crippen LogP contribution >= 0.6 is 0 Å². The molecular weight excluding hydrogens is 160 g/mol. The van der Waals surface area contributed by atoms with Crippen LogP contribution in [0.1, 0.15) is 6.42 Å². The van der Waals surface area contributed by atoms with Crippen LogP contribution in [0.25, 0.3) is 0 Å². The lowest BCUT2D eigenvalue weighted by Crippen LogP contribution is -2.52. The fourth-order valence-corrected chi connectivity index (χ4v) is 1.24. The van der Waals surface area contributed by atoms with Crippen LogP contribution in [-0.4, -0.2) is 46.3 Å². The molecule has 0 amide bonds. The second kappa shape index (κ2) is 4.00. The first-order valence-corrected chi connectivity index (χ1v) is 3.93. The van der Waals surface area contributed by atoms with E-state index in [1.807, 2.05) is 0 Å². The Kier molecular flexibility index (Phi) is 3.22. The lowest BCUT2D eigenvalue weighted by Gasteiger charge is -2.34. The molecule has 4 nitrogen and oxygen atoms in total. The van der Waals surface area contributed by atoms with Crippen molar-refractivity contribution in [1.82, 2.24) is 0 Å². The summed E-state index contributed by atoms with van der Waals surface area (Å²) in [5.41, 5.74) is 0. The molecule has 1 saturated heterocycles. The number of aliphatic hydroxyl groups excluding tert-OH is 3. The van der Waals surface area contributed by atoms with Gasteiger partial charge in [0.05, 0.1) is 12.7 Å². The lowest BCUT2D eigenvalue weighted by atomic mass is 9.98. The molecule has 0 bridgehead atoms. The summed E-state index contributed by atoms with van der Waals surface area (Å²) < 4.78 is 5.08. The molecule has 1 heterocycles. The Hall–Kier alpha value is -0.420. The highest BCUT2D eigenvalue weighted by Gasteiger charge is 2.36. The van der Waals surface area contributed by atoms with Crippen molar-refractivity contribution in [3.8, 4) is 0 Å². The molecule has 12 heavy (non-hydrogen) atoms. The highest BCUT2D eigenvalue weighted by Crippen LogP contribution is 2.17. The van der Waals surface area contributed by atoms with Crippen LogP contribution < -0.4 is 0 Å². The Balaban J connectivity index is 2.52. The lowest BCUT2D eigenvalue weighted by molar-refractivity contribution is -0.185. The van der Waals surface area contributed by atoms with Gasteiger partial charge in [0.2, 0.25) is 0 Å². The van der Waals surface area contributed by atoms with Gasteiger partial charge < -0.3 is 20.1 Å². The molecule has 1 aliphatic heterocycles. The Morgan fingerprint density at radius 3 is 2.58 bits per heavy atom. The fraction of sp³-hybridized carbons (Fsp3) is 0.750. The summed E-state index contributed by atoms with van der Waals surface area (Å²) in [6.45, 7) is 3.56. The Morgan fingerprint density at radius 1 is 1.33 bits per heavy atom. The summed E-state index contributed by atoms with van der Waals surface area (Å²) in [4.78, 5) is 0. The van der Waals surface area contributed by atoms with E-state index in [0.29, 0.717) is 6.42 Å². The molecule has 4 atom stereocenters. The van der Waals surface area contributed by atoms with Crippen LogP contribution in [0.3, 0.4) is 0 Å². The van der Waals surface area contributed by atoms with Crippen molar-refractivity contribution in [3.63, 3.8) is 0 Å². The molecule has 4 unspecified atom stereocenters. The minimum absolute atomic E-state index is 0.0662. The summed E-state index contributed by atoms with van der Waals surface area (Å²) in [6, 6.07) is 0. The molecule has 3 N–H and O–H groups in total. The van der Waals surface area contributed by atoms with Crippen LogP contribution in [0, 0.1) is 0 Å². The van der Waals surface area contributed by atoms with E-state index >= 15 is 0 Å². The van der Waals surface area contributed by atoms with E-state index in [1.54, 1.807) is 6.08 Å². The van der Waals surface area contributed by atoms with Crippen LogP contribution in [0.5, 0.6) is 0 Å². The second-order valence-electron chi connectivity index (χ2n) is 2.94. The summed E-state index contributed by atoms with van der Waals surface area (Å²) >= 11 is 0. The fourth-order valence-electron chi connectivity index (χ4n) is 1.24. The monoisotopic (exact) mass is 174 g/mol. The topological polar surface area (TPSA) is 69.9 Å². The van der Waals surface area contributed by atoms with Crippen molar-refractivity contribution in [1.29, 1.82) is 0 Å². The molecule has 1 fully saturated rings. The zero-order chi connectivity index (χ0) is 9.14. The van der Waals surface area contributed by atoms with Crippen LogP contribution in [-0.2, 0) is 4.74 Å². The van der Waals surface area contributed by atoms with E-state index < -0.39 is 24.4 Å². The smallest absolute Gasteiger partial charge is 0.111 e. The van der Waals surface area contributed by atoms with Crippen molar-refractivity contribution >= 4 is 0 Å². The van der Waals surface area contributed by atoms with Crippen LogP contribution in [0.2, 0.25) is 0 Å². The number of ether oxygens (including phenoxy) is 1. The van der Waals surface area contributed by atoms with Crippen LogP contribution in [0.15, 0.2) is 12.7 Å². The molecule has 0 spiro atoms. The van der Waals surface area contributed by atoms with Gasteiger partial charge in [0.25, 0.3) is 0 Å². The Morgan fingerprint density at radius 2 is 2.00 bits per heavy atom. The zero-order valence-electron chi connectivity index (χ0n) is 6.76. The number of aliphatic hydroxyl groups is 3. The number of hydrogen-bond acceptors (Lipinski definition) is 4. The predicted molar refractivity (Wildman–Crippen MR) is 42.6 cm³/mol. The summed E-state index contributed by atoms with van der Waals surface area (Å²) in [7, 11) is 0. The third-order valence-corrected chi connectivity index (χ3v) is 2.01. The van der Waals surface area contributed by atoms with E-state index in [0.717, 1.165) is 0 Å². The quantitative estimate of drug-likeness (QED) is 0.472. The maximum Gasteiger partial charge on any atom is 0.111 e. The first-order valence-electron chi connectivity index (χ1n) is 3.93. The van der Waals surface area contributed by atoms with Crippen molar-refractivity contribution in [2.24, 2.45) is 0 Å². The first kappa shape index (κ1) is 9.67. The molecule has 1 aliphatic rings. The average molecular weight is 174 g/mol. The van der Waals surface area contributed by atoms with Gasteiger partial charge in [-0.15, -0.1) is 6.58 Å². The molecule has 0 radical (unpaired) electrons. The highest BCUT2D eigenvalue weighted by molar-refractivity contribution is 4.89.